The lowest BCUT2D eigenvalue weighted by Crippen LogP contribution is -2.15. The van der Waals surface area contributed by atoms with Crippen LogP contribution < -0.4 is 5.73 Å². The summed E-state index contributed by atoms with van der Waals surface area (Å²) < 4.78 is 1.13. The van der Waals surface area contributed by atoms with E-state index in [0.29, 0.717) is 5.92 Å². The van der Waals surface area contributed by atoms with Gasteiger partial charge in [-0.15, -0.1) is 0 Å². The van der Waals surface area contributed by atoms with Crippen molar-refractivity contribution in [2.45, 2.75) is 25.2 Å². The van der Waals surface area contributed by atoms with Gasteiger partial charge in [0.05, 0.1) is 0 Å². The lowest BCUT2D eigenvalue weighted by molar-refractivity contribution is 0.597. The second kappa shape index (κ2) is 3.91. The van der Waals surface area contributed by atoms with Crippen molar-refractivity contribution in [3.63, 3.8) is 0 Å². The number of hydrogen-bond acceptors (Lipinski definition) is 1. The lowest BCUT2D eigenvalue weighted by atomic mass is 9.85. The van der Waals surface area contributed by atoms with Crippen molar-refractivity contribution in [3.05, 3.63) is 46.2 Å². The molecule has 17 heavy (non-hydrogen) atoms. The minimum atomic E-state index is 0.296. The van der Waals surface area contributed by atoms with Gasteiger partial charge >= 0.3 is 0 Å². The maximum Gasteiger partial charge on any atom is 0.0459 e. The molecule has 0 fully saturated rings. The summed E-state index contributed by atoms with van der Waals surface area (Å²) in [5.74, 6) is 0.296. The van der Waals surface area contributed by atoms with E-state index in [0.717, 1.165) is 23.0 Å². The number of aromatic amines is 1. The third-order valence-corrected chi connectivity index (χ3v) is 4.11. The SMILES string of the molecule is C=C(N)C1CCCc2c1[nH]c1ccc(Br)cc21. The molecule has 3 heteroatoms. The zero-order valence-electron chi connectivity index (χ0n) is 9.59. The fraction of sp³-hybridized carbons (Fsp3) is 0.286. The van der Waals surface area contributed by atoms with Crippen LogP contribution in [0.15, 0.2) is 34.9 Å². The Morgan fingerprint density at radius 3 is 3.06 bits per heavy atom. The van der Waals surface area contributed by atoms with Crippen LogP contribution in [0.1, 0.15) is 30.0 Å². The van der Waals surface area contributed by atoms with Gasteiger partial charge in [0.1, 0.15) is 0 Å². The minimum absolute atomic E-state index is 0.296. The Morgan fingerprint density at radius 2 is 2.29 bits per heavy atom. The third-order valence-electron chi connectivity index (χ3n) is 3.62. The monoisotopic (exact) mass is 290 g/mol. The highest BCUT2D eigenvalue weighted by Gasteiger charge is 2.25. The standard InChI is InChI=1S/C14H15BrN2/c1-8(16)10-3-2-4-11-12-7-9(15)5-6-13(12)17-14(10)11/h5-7,10,17H,1-4,16H2. The molecule has 3 rings (SSSR count). The summed E-state index contributed by atoms with van der Waals surface area (Å²) in [7, 11) is 0. The molecule has 0 saturated heterocycles. The minimum Gasteiger partial charge on any atom is -0.402 e. The molecule has 3 N–H and O–H groups in total. The average molecular weight is 291 g/mol. The van der Waals surface area contributed by atoms with Gasteiger partial charge in [0.15, 0.2) is 0 Å². The first-order valence-electron chi connectivity index (χ1n) is 5.91. The Morgan fingerprint density at radius 1 is 1.47 bits per heavy atom. The van der Waals surface area contributed by atoms with Gasteiger partial charge < -0.3 is 10.7 Å². The molecule has 0 saturated carbocycles. The van der Waals surface area contributed by atoms with Crippen LogP contribution in [0.25, 0.3) is 10.9 Å². The van der Waals surface area contributed by atoms with E-state index in [2.05, 4.69) is 45.7 Å². The summed E-state index contributed by atoms with van der Waals surface area (Å²) in [5, 5.41) is 1.32. The molecule has 2 aromatic rings. The van der Waals surface area contributed by atoms with Crippen molar-refractivity contribution in [1.82, 2.24) is 4.98 Å². The van der Waals surface area contributed by atoms with Crippen molar-refractivity contribution in [2.24, 2.45) is 5.73 Å². The van der Waals surface area contributed by atoms with E-state index in [1.165, 1.54) is 28.6 Å². The zero-order chi connectivity index (χ0) is 12.0. The number of rotatable bonds is 1. The van der Waals surface area contributed by atoms with E-state index in [-0.39, 0.29) is 0 Å². The molecule has 1 aromatic carbocycles. The van der Waals surface area contributed by atoms with Crippen LogP contribution in [-0.2, 0) is 6.42 Å². The number of aromatic nitrogens is 1. The van der Waals surface area contributed by atoms with E-state index in [1.807, 2.05) is 0 Å². The molecule has 0 spiro atoms. The average Bonchev–Trinajstić information content (AvgIpc) is 2.66. The number of allylic oxidation sites excluding steroid dienone is 1. The molecule has 1 unspecified atom stereocenters. The summed E-state index contributed by atoms with van der Waals surface area (Å²) >= 11 is 3.53. The second-order valence-electron chi connectivity index (χ2n) is 4.73. The van der Waals surface area contributed by atoms with Crippen LogP contribution in [0.5, 0.6) is 0 Å². The Hall–Kier alpha value is -1.22. The molecular formula is C14H15BrN2. The Bertz CT molecular complexity index is 598. The van der Waals surface area contributed by atoms with Gasteiger partial charge in [-0.05, 0) is 43.0 Å². The first-order valence-corrected chi connectivity index (χ1v) is 6.70. The van der Waals surface area contributed by atoms with Crippen molar-refractivity contribution in [3.8, 4) is 0 Å². The summed E-state index contributed by atoms with van der Waals surface area (Å²) in [4.78, 5) is 3.51. The van der Waals surface area contributed by atoms with Crippen LogP contribution in [0.2, 0.25) is 0 Å². The van der Waals surface area contributed by atoms with Gasteiger partial charge in [-0.3, -0.25) is 0 Å². The van der Waals surface area contributed by atoms with Gasteiger partial charge in [-0.1, -0.05) is 22.5 Å². The number of aryl methyl sites for hydroxylation is 1. The molecule has 1 aliphatic carbocycles. The first-order chi connectivity index (χ1) is 8.16. The highest BCUT2D eigenvalue weighted by molar-refractivity contribution is 9.10. The number of nitrogens with one attached hydrogen (secondary N) is 1. The largest absolute Gasteiger partial charge is 0.402 e. The van der Waals surface area contributed by atoms with Gasteiger partial charge in [-0.2, -0.15) is 0 Å². The molecule has 1 atom stereocenters. The van der Waals surface area contributed by atoms with Gasteiger partial charge in [-0.25, -0.2) is 0 Å². The quantitative estimate of drug-likeness (QED) is 0.824. The topological polar surface area (TPSA) is 41.8 Å². The van der Waals surface area contributed by atoms with E-state index in [9.17, 15) is 0 Å². The highest BCUT2D eigenvalue weighted by Crippen LogP contribution is 2.38. The fourth-order valence-corrected chi connectivity index (χ4v) is 3.17. The first kappa shape index (κ1) is 10.9. The van der Waals surface area contributed by atoms with Crippen molar-refractivity contribution < 1.29 is 0 Å². The van der Waals surface area contributed by atoms with Gasteiger partial charge in [0.25, 0.3) is 0 Å². The molecule has 0 aliphatic heterocycles. The third kappa shape index (κ3) is 1.69. The van der Waals surface area contributed by atoms with Crippen molar-refractivity contribution in [2.75, 3.05) is 0 Å². The smallest absolute Gasteiger partial charge is 0.0459 e. The highest BCUT2D eigenvalue weighted by atomic mass is 79.9. The summed E-state index contributed by atoms with van der Waals surface area (Å²) in [5.41, 5.74) is 10.6. The Kier molecular flexibility index (Phi) is 2.51. The Balaban J connectivity index is 2.25. The molecule has 0 radical (unpaired) electrons. The van der Waals surface area contributed by atoms with Crippen LogP contribution in [0, 0.1) is 0 Å². The van der Waals surface area contributed by atoms with Crippen LogP contribution in [0.4, 0.5) is 0 Å². The maximum absolute atomic E-state index is 5.91. The van der Waals surface area contributed by atoms with E-state index >= 15 is 0 Å². The van der Waals surface area contributed by atoms with E-state index in [4.69, 9.17) is 5.73 Å². The maximum atomic E-state index is 5.91. The van der Waals surface area contributed by atoms with Gasteiger partial charge in [0.2, 0.25) is 0 Å². The zero-order valence-corrected chi connectivity index (χ0v) is 11.2. The number of hydrogen-bond donors (Lipinski definition) is 2. The molecule has 0 amide bonds. The van der Waals surface area contributed by atoms with E-state index < -0.39 is 0 Å². The second-order valence-corrected chi connectivity index (χ2v) is 5.64. The molecule has 88 valence electrons. The predicted octanol–water partition coefficient (Wildman–Crippen LogP) is 3.82. The van der Waals surface area contributed by atoms with Crippen LogP contribution in [0.3, 0.4) is 0 Å². The molecule has 1 aliphatic rings. The fourth-order valence-electron chi connectivity index (χ4n) is 2.81. The molecular weight excluding hydrogens is 276 g/mol. The predicted molar refractivity (Wildman–Crippen MR) is 75.0 cm³/mol. The summed E-state index contributed by atoms with van der Waals surface area (Å²) in [6.07, 6.45) is 3.43. The number of halogens is 1. The molecule has 1 heterocycles. The molecule has 2 nitrogen and oxygen atoms in total. The lowest BCUT2D eigenvalue weighted by Gasteiger charge is -2.22. The summed E-state index contributed by atoms with van der Waals surface area (Å²) in [6, 6.07) is 6.37. The van der Waals surface area contributed by atoms with Crippen molar-refractivity contribution in [1.29, 1.82) is 0 Å². The normalized spacial score (nSPS) is 19.2. The summed E-state index contributed by atoms with van der Waals surface area (Å²) in [6.45, 7) is 3.91. The van der Waals surface area contributed by atoms with Crippen LogP contribution >= 0.6 is 15.9 Å². The Labute approximate surface area is 109 Å². The van der Waals surface area contributed by atoms with Crippen LogP contribution in [-0.4, -0.2) is 4.98 Å². The number of fused-ring (bicyclic) bond motifs is 3. The molecule has 1 aromatic heterocycles. The van der Waals surface area contributed by atoms with Crippen molar-refractivity contribution >= 4 is 26.8 Å². The molecule has 0 bridgehead atoms. The number of nitrogens with two attached hydrogens (primary N) is 1. The van der Waals surface area contributed by atoms with E-state index in [1.54, 1.807) is 0 Å². The van der Waals surface area contributed by atoms with Gasteiger partial charge in [0, 0.05) is 32.7 Å². The number of H-pyrrole nitrogens is 1. The number of benzene rings is 1.